The average molecular weight is 475 g/mol. The predicted molar refractivity (Wildman–Crippen MR) is 136 cm³/mol. The number of nitrogens with zero attached hydrogens (tertiary/aromatic N) is 2. The number of benzene rings is 2. The van der Waals surface area contributed by atoms with Crippen LogP contribution in [0.25, 0.3) is 0 Å². The van der Waals surface area contributed by atoms with Gasteiger partial charge >= 0.3 is 0 Å². The molecule has 0 N–H and O–H groups in total. The number of ether oxygens (including phenoxy) is 1. The molecule has 1 aliphatic heterocycles. The predicted octanol–water partition coefficient (Wildman–Crippen LogP) is 5.63. The molecule has 1 fully saturated rings. The largest absolute Gasteiger partial charge is 0.485 e. The minimum absolute atomic E-state index is 0.0527. The monoisotopic (exact) mass is 474 g/mol. The third kappa shape index (κ3) is 5.94. The van der Waals surface area contributed by atoms with E-state index in [0.717, 1.165) is 30.6 Å². The van der Waals surface area contributed by atoms with E-state index in [2.05, 4.69) is 13.0 Å². The molecule has 2 aromatic carbocycles. The normalized spacial score (nSPS) is 14.1. The van der Waals surface area contributed by atoms with Crippen LogP contribution in [0, 0.1) is 13.8 Å². The summed E-state index contributed by atoms with van der Waals surface area (Å²) in [5.74, 6) is 1.71. The molecule has 0 saturated carbocycles. The maximum atomic E-state index is 13.4. The number of hydrogen-bond acceptors (Lipinski definition) is 4. The Labute approximate surface area is 207 Å². The number of likely N-dealkylation sites (tertiary alicyclic amines) is 1. The van der Waals surface area contributed by atoms with Crippen molar-refractivity contribution in [2.75, 3.05) is 19.6 Å². The molecule has 4 rings (SSSR count). The van der Waals surface area contributed by atoms with Crippen LogP contribution in [0.5, 0.6) is 5.75 Å². The van der Waals surface area contributed by atoms with Gasteiger partial charge in [-0.3, -0.25) is 9.59 Å². The lowest BCUT2D eigenvalue weighted by atomic mass is 10.0. The van der Waals surface area contributed by atoms with Crippen molar-refractivity contribution >= 4 is 11.8 Å². The number of piperidine rings is 1. The molecule has 0 spiro atoms. The summed E-state index contributed by atoms with van der Waals surface area (Å²) in [6.07, 6.45) is 2.37. The van der Waals surface area contributed by atoms with Crippen molar-refractivity contribution in [2.45, 2.75) is 52.7 Å². The summed E-state index contributed by atoms with van der Waals surface area (Å²) in [4.78, 5) is 29.9. The molecule has 6 heteroatoms. The number of furan rings is 1. The highest BCUT2D eigenvalue weighted by atomic mass is 16.5. The fourth-order valence-corrected chi connectivity index (χ4v) is 4.66. The van der Waals surface area contributed by atoms with Gasteiger partial charge in [-0.1, -0.05) is 42.8 Å². The zero-order chi connectivity index (χ0) is 24.8. The van der Waals surface area contributed by atoms with E-state index in [0.29, 0.717) is 36.7 Å². The number of carbonyl (C=O) groups is 2. The molecule has 1 aromatic heterocycles. The first-order valence-electron chi connectivity index (χ1n) is 12.4. The van der Waals surface area contributed by atoms with Crippen molar-refractivity contribution < 1.29 is 18.7 Å². The molecule has 2 heterocycles. The second-order valence-corrected chi connectivity index (χ2v) is 9.21. The molecular weight excluding hydrogens is 440 g/mol. The highest BCUT2D eigenvalue weighted by Gasteiger charge is 2.31. The van der Waals surface area contributed by atoms with Gasteiger partial charge in [0.25, 0.3) is 11.8 Å². The molecule has 3 aromatic rings. The van der Waals surface area contributed by atoms with Crippen LogP contribution in [0.4, 0.5) is 0 Å². The molecule has 2 amide bonds. The first-order valence-corrected chi connectivity index (χ1v) is 12.4. The summed E-state index contributed by atoms with van der Waals surface area (Å²) in [6.45, 7) is 8.34. The summed E-state index contributed by atoms with van der Waals surface area (Å²) in [5.41, 5.74) is 2.96. The van der Waals surface area contributed by atoms with Crippen LogP contribution < -0.4 is 4.74 Å². The van der Waals surface area contributed by atoms with Crippen LogP contribution in [0.15, 0.2) is 65.1 Å². The Morgan fingerprint density at radius 2 is 1.77 bits per heavy atom. The Morgan fingerprint density at radius 3 is 2.46 bits per heavy atom. The van der Waals surface area contributed by atoms with Crippen LogP contribution >= 0.6 is 0 Å². The SMILES string of the molecule is CCCN(C(=O)c1ccc(COc2ccc(C)cc2C)o1)C1CCN(C(=O)c2ccccc2)CC1. The van der Waals surface area contributed by atoms with E-state index in [1.54, 1.807) is 6.07 Å². The van der Waals surface area contributed by atoms with Crippen molar-refractivity contribution in [1.82, 2.24) is 9.80 Å². The summed E-state index contributed by atoms with van der Waals surface area (Å²) in [5, 5.41) is 0. The molecular formula is C29H34N2O4. The van der Waals surface area contributed by atoms with Gasteiger partial charge in [0.15, 0.2) is 5.76 Å². The van der Waals surface area contributed by atoms with E-state index >= 15 is 0 Å². The molecule has 0 radical (unpaired) electrons. The zero-order valence-corrected chi connectivity index (χ0v) is 20.8. The first kappa shape index (κ1) is 24.6. The van der Waals surface area contributed by atoms with E-state index in [9.17, 15) is 9.59 Å². The van der Waals surface area contributed by atoms with E-state index < -0.39 is 0 Å². The lowest BCUT2D eigenvalue weighted by molar-refractivity contribution is 0.0495. The van der Waals surface area contributed by atoms with Crippen LogP contribution in [-0.4, -0.2) is 47.3 Å². The maximum absolute atomic E-state index is 13.4. The molecule has 0 aliphatic carbocycles. The zero-order valence-electron chi connectivity index (χ0n) is 20.8. The Hall–Kier alpha value is -3.54. The van der Waals surface area contributed by atoms with Gasteiger partial charge in [0.1, 0.15) is 18.1 Å². The average Bonchev–Trinajstić information content (AvgIpc) is 3.36. The molecule has 0 unspecified atom stereocenters. The van der Waals surface area contributed by atoms with Crippen molar-refractivity contribution in [3.8, 4) is 5.75 Å². The van der Waals surface area contributed by atoms with E-state index in [4.69, 9.17) is 9.15 Å². The second-order valence-electron chi connectivity index (χ2n) is 9.21. The standard InChI is InChI=1S/C29H34N2O4/c1-4-16-31(24-14-17-30(18-15-24)28(32)23-8-6-5-7-9-23)29(33)27-13-11-25(35-27)20-34-26-12-10-21(2)19-22(26)3/h5-13,19,24H,4,14-18,20H2,1-3H3. The molecule has 0 atom stereocenters. The Bertz CT molecular complexity index is 1150. The topological polar surface area (TPSA) is 63.0 Å². The van der Waals surface area contributed by atoms with E-state index in [-0.39, 0.29) is 24.5 Å². The van der Waals surface area contributed by atoms with Crippen molar-refractivity contribution in [1.29, 1.82) is 0 Å². The molecule has 6 nitrogen and oxygen atoms in total. The Morgan fingerprint density at radius 1 is 1.03 bits per heavy atom. The molecule has 1 aliphatic rings. The van der Waals surface area contributed by atoms with Gasteiger partial charge in [0.05, 0.1) is 0 Å². The number of hydrogen-bond donors (Lipinski definition) is 0. The highest BCUT2D eigenvalue weighted by Crippen LogP contribution is 2.23. The summed E-state index contributed by atoms with van der Waals surface area (Å²) in [6, 6.07) is 19.0. The van der Waals surface area contributed by atoms with Crippen molar-refractivity contribution in [3.63, 3.8) is 0 Å². The van der Waals surface area contributed by atoms with Gasteiger partial charge in [0.2, 0.25) is 0 Å². The summed E-state index contributed by atoms with van der Waals surface area (Å²) >= 11 is 0. The Balaban J connectivity index is 1.36. The molecule has 1 saturated heterocycles. The number of carbonyl (C=O) groups excluding carboxylic acids is 2. The van der Waals surface area contributed by atoms with Gasteiger partial charge in [0, 0.05) is 31.2 Å². The Kier molecular flexibility index (Phi) is 7.91. The summed E-state index contributed by atoms with van der Waals surface area (Å²) in [7, 11) is 0. The lowest BCUT2D eigenvalue weighted by Gasteiger charge is -2.38. The number of rotatable bonds is 8. The molecule has 0 bridgehead atoms. The number of aryl methyl sites for hydroxylation is 2. The van der Waals surface area contributed by atoms with Gasteiger partial charge in [-0.05, 0) is 69.0 Å². The van der Waals surface area contributed by atoms with Crippen LogP contribution in [0.1, 0.15) is 64.0 Å². The van der Waals surface area contributed by atoms with E-state index in [1.807, 2.05) is 72.2 Å². The maximum Gasteiger partial charge on any atom is 0.289 e. The second kappa shape index (κ2) is 11.3. The molecule has 184 valence electrons. The lowest BCUT2D eigenvalue weighted by Crippen LogP contribution is -2.49. The smallest absolute Gasteiger partial charge is 0.289 e. The minimum Gasteiger partial charge on any atom is -0.485 e. The fourth-order valence-electron chi connectivity index (χ4n) is 4.66. The summed E-state index contributed by atoms with van der Waals surface area (Å²) < 4.78 is 11.8. The van der Waals surface area contributed by atoms with Gasteiger partial charge in [-0.25, -0.2) is 0 Å². The van der Waals surface area contributed by atoms with Crippen LogP contribution in [0.3, 0.4) is 0 Å². The third-order valence-corrected chi connectivity index (χ3v) is 6.51. The number of amides is 2. The van der Waals surface area contributed by atoms with Crippen LogP contribution in [-0.2, 0) is 6.61 Å². The van der Waals surface area contributed by atoms with Gasteiger partial charge in [-0.15, -0.1) is 0 Å². The quantitative estimate of drug-likeness (QED) is 0.424. The minimum atomic E-state index is -0.0996. The highest BCUT2D eigenvalue weighted by molar-refractivity contribution is 5.94. The first-order chi connectivity index (χ1) is 17.0. The third-order valence-electron chi connectivity index (χ3n) is 6.51. The van der Waals surface area contributed by atoms with Crippen LogP contribution in [0.2, 0.25) is 0 Å². The van der Waals surface area contributed by atoms with Crippen molar-refractivity contribution in [3.05, 3.63) is 88.9 Å². The van der Waals surface area contributed by atoms with E-state index in [1.165, 1.54) is 5.56 Å². The van der Waals surface area contributed by atoms with Gasteiger partial charge in [-0.2, -0.15) is 0 Å². The van der Waals surface area contributed by atoms with Gasteiger partial charge < -0.3 is 19.0 Å². The fraction of sp³-hybridized carbons (Fsp3) is 0.379. The van der Waals surface area contributed by atoms with Crippen molar-refractivity contribution in [2.24, 2.45) is 0 Å². The molecule has 35 heavy (non-hydrogen) atoms.